The average molecular weight is 378 g/mol. The van der Waals surface area contributed by atoms with E-state index in [0.29, 0.717) is 0 Å². The van der Waals surface area contributed by atoms with Crippen molar-refractivity contribution >= 4 is 35.5 Å². The number of para-hydroxylation sites is 1. The third kappa shape index (κ3) is 3.60. The molecule has 0 spiro atoms. The molecule has 1 heterocycles. The molecule has 3 rings (SSSR count). The Morgan fingerprint density at radius 3 is 2.35 bits per heavy atom. The summed E-state index contributed by atoms with van der Waals surface area (Å²) < 4.78 is 0. The highest BCUT2D eigenvalue weighted by Gasteiger charge is 2.08. The van der Waals surface area contributed by atoms with E-state index in [0.717, 1.165) is 24.5 Å². The molecule has 20 heavy (non-hydrogen) atoms. The summed E-state index contributed by atoms with van der Waals surface area (Å²) in [6.45, 7) is 0.954. The van der Waals surface area contributed by atoms with Gasteiger partial charge in [0.25, 0.3) is 0 Å². The molecule has 0 saturated heterocycles. The summed E-state index contributed by atoms with van der Waals surface area (Å²) >= 11 is 0. The van der Waals surface area contributed by atoms with E-state index in [2.05, 4.69) is 58.8 Å². The molecule has 0 bridgehead atoms. The molecule has 0 radical (unpaired) electrons. The first-order valence-corrected chi connectivity index (χ1v) is 6.88. The van der Waals surface area contributed by atoms with Crippen molar-refractivity contribution in [1.82, 2.24) is 0 Å². The zero-order valence-corrected chi connectivity index (χ0v) is 13.7. The molecule has 0 fully saturated rings. The van der Waals surface area contributed by atoms with Gasteiger partial charge in [-0.25, -0.2) is 0 Å². The standard InChI is InChI=1S/C17H18N2.HI/c1-2-8-14(9-3-1)15-10-4-5-11-16(15)19-17-12-6-7-13-18-17;/h1-5,8-11H,6-7,12-13H2,(H,18,19);1H. The van der Waals surface area contributed by atoms with Crippen LogP contribution >= 0.6 is 24.0 Å². The van der Waals surface area contributed by atoms with E-state index >= 15 is 0 Å². The molecule has 0 unspecified atom stereocenters. The van der Waals surface area contributed by atoms with Crippen molar-refractivity contribution in [2.75, 3.05) is 11.9 Å². The van der Waals surface area contributed by atoms with Crippen LogP contribution in [-0.2, 0) is 0 Å². The quantitative estimate of drug-likeness (QED) is 0.734. The zero-order valence-electron chi connectivity index (χ0n) is 11.4. The first-order valence-electron chi connectivity index (χ1n) is 6.88. The van der Waals surface area contributed by atoms with Crippen LogP contribution in [-0.4, -0.2) is 12.4 Å². The van der Waals surface area contributed by atoms with Gasteiger partial charge in [-0.1, -0.05) is 48.5 Å². The SMILES string of the molecule is I.c1ccc(-c2ccccc2NC2=NCCCC2)cc1. The Balaban J connectivity index is 0.00000147. The van der Waals surface area contributed by atoms with Crippen LogP contribution in [0.4, 0.5) is 5.69 Å². The molecule has 0 aliphatic carbocycles. The Morgan fingerprint density at radius 2 is 1.60 bits per heavy atom. The topological polar surface area (TPSA) is 24.4 Å². The van der Waals surface area contributed by atoms with Gasteiger partial charge in [-0.05, 0) is 24.5 Å². The summed E-state index contributed by atoms with van der Waals surface area (Å²) in [5.41, 5.74) is 3.62. The molecule has 1 N–H and O–H groups in total. The third-order valence-corrected chi connectivity index (χ3v) is 3.42. The average Bonchev–Trinajstić information content (AvgIpc) is 2.50. The molecule has 0 aromatic heterocycles. The molecule has 3 heteroatoms. The van der Waals surface area contributed by atoms with Gasteiger partial charge in [0.1, 0.15) is 5.84 Å². The lowest BCUT2D eigenvalue weighted by Gasteiger charge is -2.16. The van der Waals surface area contributed by atoms with Gasteiger partial charge in [-0.3, -0.25) is 4.99 Å². The maximum absolute atomic E-state index is 4.57. The van der Waals surface area contributed by atoms with Crippen molar-refractivity contribution in [2.24, 2.45) is 4.99 Å². The van der Waals surface area contributed by atoms with Crippen LogP contribution in [0.1, 0.15) is 19.3 Å². The molecule has 1 aliphatic heterocycles. The number of rotatable bonds is 2. The Labute approximate surface area is 137 Å². The van der Waals surface area contributed by atoms with E-state index in [1.54, 1.807) is 0 Å². The minimum Gasteiger partial charge on any atom is -0.344 e. The molecule has 1 aliphatic rings. The van der Waals surface area contributed by atoms with Crippen molar-refractivity contribution in [1.29, 1.82) is 0 Å². The third-order valence-electron chi connectivity index (χ3n) is 3.42. The van der Waals surface area contributed by atoms with Crippen LogP contribution in [0.15, 0.2) is 59.6 Å². The molecular formula is C17H19IN2. The van der Waals surface area contributed by atoms with Crippen molar-refractivity contribution in [3.05, 3.63) is 54.6 Å². The van der Waals surface area contributed by atoms with Gasteiger partial charge in [0.05, 0.1) is 0 Å². The number of hydrogen-bond donors (Lipinski definition) is 1. The Kier molecular flexibility index (Phi) is 5.59. The van der Waals surface area contributed by atoms with E-state index in [-0.39, 0.29) is 24.0 Å². The molecule has 104 valence electrons. The normalized spacial score (nSPS) is 14.1. The van der Waals surface area contributed by atoms with E-state index in [1.165, 1.54) is 24.0 Å². The summed E-state index contributed by atoms with van der Waals surface area (Å²) in [6.07, 6.45) is 3.51. The van der Waals surface area contributed by atoms with Gasteiger partial charge >= 0.3 is 0 Å². The highest BCUT2D eigenvalue weighted by atomic mass is 127. The van der Waals surface area contributed by atoms with Crippen LogP contribution in [0.3, 0.4) is 0 Å². The number of amidine groups is 1. The fourth-order valence-corrected chi connectivity index (χ4v) is 2.42. The first kappa shape index (κ1) is 15.0. The van der Waals surface area contributed by atoms with Crippen molar-refractivity contribution in [3.8, 4) is 11.1 Å². The van der Waals surface area contributed by atoms with Crippen LogP contribution in [0.25, 0.3) is 11.1 Å². The van der Waals surface area contributed by atoms with Crippen molar-refractivity contribution in [2.45, 2.75) is 19.3 Å². The maximum Gasteiger partial charge on any atom is 0.101 e. The minimum atomic E-state index is 0. The predicted octanol–water partition coefficient (Wildman–Crippen LogP) is 4.97. The molecule has 0 saturated carbocycles. The predicted molar refractivity (Wildman–Crippen MR) is 97.1 cm³/mol. The molecule has 2 nitrogen and oxygen atoms in total. The number of nitrogens with zero attached hydrogens (tertiary/aromatic N) is 1. The van der Waals surface area contributed by atoms with Gasteiger partial charge in [-0.2, -0.15) is 0 Å². The highest BCUT2D eigenvalue weighted by molar-refractivity contribution is 14.0. The lowest BCUT2D eigenvalue weighted by Crippen LogP contribution is -2.16. The number of aliphatic imine (C=N–C) groups is 1. The number of hydrogen-bond acceptors (Lipinski definition) is 2. The van der Waals surface area contributed by atoms with Gasteiger partial charge in [0.2, 0.25) is 0 Å². The van der Waals surface area contributed by atoms with Crippen LogP contribution < -0.4 is 5.32 Å². The van der Waals surface area contributed by atoms with E-state index in [4.69, 9.17) is 0 Å². The first-order chi connectivity index (χ1) is 9.43. The van der Waals surface area contributed by atoms with E-state index < -0.39 is 0 Å². The Morgan fingerprint density at radius 1 is 0.850 bits per heavy atom. The molecule has 2 aromatic rings. The number of halogens is 1. The Hall–Kier alpha value is -1.36. The summed E-state index contributed by atoms with van der Waals surface area (Å²) in [4.78, 5) is 4.57. The van der Waals surface area contributed by atoms with Gasteiger partial charge in [0, 0.05) is 24.2 Å². The largest absolute Gasteiger partial charge is 0.344 e. The summed E-state index contributed by atoms with van der Waals surface area (Å²) in [6, 6.07) is 18.9. The van der Waals surface area contributed by atoms with Crippen molar-refractivity contribution < 1.29 is 0 Å². The van der Waals surface area contributed by atoms with Crippen molar-refractivity contribution in [3.63, 3.8) is 0 Å². The van der Waals surface area contributed by atoms with Gasteiger partial charge < -0.3 is 5.32 Å². The van der Waals surface area contributed by atoms with E-state index in [1.807, 2.05) is 6.07 Å². The lowest BCUT2D eigenvalue weighted by atomic mass is 10.0. The molecular weight excluding hydrogens is 359 g/mol. The van der Waals surface area contributed by atoms with Crippen LogP contribution in [0.5, 0.6) is 0 Å². The minimum absolute atomic E-state index is 0. The monoisotopic (exact) mass is 378 g/mol. The van der Waals surface area contributed by atoms with Gasteiger partial charge in [-0.15, -0.1) is 24.0 Å². The summed E-state index contributed by atoms with van der Waals surface area (Å²) in [5, 5.41) is 3.50. The van der Waals surface area contributed by atoms with Crippen LogP contribution in [0.2, 0.25) is 0 Å². The lowest BCUT2D eigenvalue weighted by molar-refractivity contribution is 0.737. The second kappa shape index (κ2) is 7.43. The second-order valence-corrected chi connectivity index (χ2v) is 4.82. The summed E-state index contributed by atoms with van der Waals surface area (Å²) in [5.74, 6) is 1.12. The molecule has 2 aromatic carbocycles. The molecule has 0 amide bonds. The van der Waals surface area contributed by atoms with Gasteiger partial charge in [0.15, 0.2) is 0 Å². The highest BCUT2D eigenvalue weighted by Crippen LogP contribution is 2.28. The second-order valence-electron chi connectivity index (χ2n) is 4.82. The van der Waals surface area contributed by atoms with Crippen LogP contribution in [0, 0.1) is 0 Å². The number of anilines is 1. The maximum atomic E-state index is 4.57. The Bertz CT molecular complexity index is 579. The van der Waals surface area contributed by atoms with E-state index in [9.17, 15) is 0 Å². The molecule has 0 atom stereocenters. The number of nitrogens with one attached hydrogen (secondary N) is 1. The zero-order chi connectivity index (χ0) is 12.9. The smallest absolute Gasteiger partial charge is 0.101 e. The summed E-state index contributed by atoms with van der Waals surface area (Å²) in [7, 11) is 0. The number of benzene rings is 2. The fourth-order valence-electron chi connectivity index (χ4n) is 2.42. The fraction of sp³-hybridized carbons (Fsp3) is 0.235.